The van der Waals surface area contributed by atoms with E-state index in [1.165, 1.54) is 0 Å². The van der Waals surface area contributed by atoms with Crippen LogP contribution in [0.15, 0.2) is 29.2 Å². The predicted molar refractivity (Wildman–Crippen MR) is 80.9 cm³/mol. The summed E-state index contributed by atoms with van der Waals surface area (Å²) in [5.74, 6) is 0.238. The number of carbonyl (C=O) groups excluding carboxylic acids is 1. The summed E-state index contributed by atoms with van der Waals surface area (Å²) < 4.78 is 17.7. The molecule has 1 amide bonds. The number of H-pyrrole nitrogens is 1. The van der Waals surface area contributed by atoms with E-state index >= 15 is 0 Å². The highest BCUT2D eigenvalue weighted by Gasteiger charge is 2.31. The number of benzene rings is 1. The van der Waals surface area contributed by atoms with Crippen molar-refractivity contribution < 1.29 is 13.7 Å². The average molecular weight is 317 g/mol. The number of rotatable bonds is 1. The summed E-state index contributed by atoms with van der Waals surface area (Å²) in [6, 6.07) is 7.51. The lowest BCUT2D eigenvalue weighted by atomic mass is 10.1. The molecule has 0 aliphatic carbocycles. The van der Waals surface area contributed by atoms with Crippen molar-refractivity contribution in [3.63, 3.8) is 0 Å². The summed E-state index contributed by atoms with van der Waals surface area (Å²) in [5.41, 5.74) is 2.81. The highest BCUT2D eigenvalue weighted by Crippen LogP contribution is 2.36. The summed E-state index contributed by atoms with van der Waals surface area (Å²) in [5, 5.41) is 7.17. The fourth-order valence-corrected chi connectivity index (χ4v) is 4.24. The number of hydrogen-bond acceptors (Lipinski definition) is 4. The summed E-state index contributed by atoms with van der Waals surface area (Å²) in [4.78, 5) is 15.2. The number of carbonyl (C=O) groups is 1. The topological polar surface area (TPSA) is 75.3 Å². The van der Waals surface area contributed by atoms with Crippen LogP contribution in [-0.2, 0) is 21.3 Å². The predicted octanol–water partition coefficient (Wildman–Crippen LogP) is 1.17. The van der Waals surface area contributed by atoms with Crippen molar-refractivity contribution in [2.45, 2.75) is 10.6 Å². The van der Waals surface area contributed by atoms with E-state index in [2.05, 4.69) is 10.2 Å². The van der Waals surface area contributed by atoms with Gasteiger partial charge in [-0.1, -0.05) is 18.2 Å². The first-order valence-corrected chi connectivity index (χ1v) is 8.49. The number of hydrogen-bond donors (Lipinski definition) is 1. The number of nitrogens with one attached hydrogen (secondary N) is 1. The molecule has 2 aromatic rings. The van der Waals surface area contributed by atoms with Crippen LogP contribution >= 0.6 is 0 Å². The fourth-order valence-electron chi connectivity index (χ4n) is 2.90. The molecule has 6 nitrogen and oxygen atoms in total. The molecular weight excluding hydrogens is 302 g/mol. The lowest BCUT2D eigenvalue weighted by Crippen LogP contribution is -2.41. The molecule has 2 aliphatic rings. The minimum atomic E-state index is -1.14. The van der Waals surface area contributed by atoms with Crippen molar-refractivity contribution in [3.05, 3.63) is 35.5 Å². The monoisotopic (exact) mass is 317 g/mol. The quantitative estimate of drug-likeness (QED) is 0.857. The van der Waals surface area contributed by atoms with E-state index < -0.39 is 10.8 Å². The lowest BCUT2D eigenvalue weighted by molar-refractivity contribution is 0.0298. The van der Waals surface area contributed by atoms with Crippen molar-refractivity contribution in [2.24, 2.45) is 0 Å². The minimum Gasteiger partial charge on any atom is -0.378 e. The molecule has 1 aromatic heterocycles. The Kier molecular flexibility index (Phi) is 3.31. The zero-order chi connectivity index (χ0) is 15.1. The van der Waals surface area contributed by atoms with E-state index in [1.807, 2.05) is 24.3 Å². The molecule has 7 heteroatoms. The highest BCUT2D eigenvalue weighted by atomic mass is 32.2. The molecule has 1 fully saturated rings. The van der Waals surface area contributed by atoms with Crippen molar-refractivity contribution in [2.75, 3.05) is 26.3 Å². The third-order valence-corrected chi connectivity index (χ3v) is 5.44. The smallest absolute Gasteiger partial charge is 0.272 e. The van der Waals surface area contributed by atoms with Gasteiger partial charge in [0.2, 0.25) is 0 Å². The number of nitrogens with zero attached hydrogens (tertiary/aromatic N) is 2. The molecule has 0 bridgehead atoms. The second-order valence-electron chi connectivity index (χ2n) is 5.32. The van der Waals surface area contributed by atoms with E-state index in [4.69, 9.17) is 4.74 Å². The SMILES string of the molecule is O=C(c1[nH]nc2c1CS(=O)c1ccccc1-2)N1CCOCC1. The maximum Gasteiger partial charge on any atom is 0.272 e. The van der Waals surface area contributed by atoms with Crippen LogP contribution in [0.3, 0.4) is 0 Å². The first-order chi connectivity index (χ1) is 10.8. The Balaban J connectivity index is 1.75. The molecule has 1 unspecified atom stereocenters. The molecule has 1 aromatic carbocycles. The van der Waals surface area contributed by atoms with Crippen LogP contribution in [0.2, 0.25) is 0 Å². The zero-order valence-corrected chi connectivity index (χ0v) is 12.7. The maximum absolute atomic E-state index is 12.7. The minimum absolute atomic E-state index is 0.0894. The Morgan fingerprint density at radius 1 is 1.27 bits per heavy atom. The second-order valence-corrected chi connectivity index (χ2v) is 6.74. The Labute approximate surface area is 129 Å². The molecule has 1 saturated heterocycles. The largest absolute Gasteiger partial charge is 0.378 e. The number of fused-ring (bicyclic) bond motifs is 3. The molecule has 0 radical (unpaired) electrons. The van der Waals surface area contributed by atoms with E-state index in [9.17, 15) is 9.00 Å². The summed E-state index contributed by atoms with van der Waals surface area (Å²) in [6.45, 7) is 2.26. The molecule has 4 rings (SSSR count). The Hall–Kier alpha value is -1.99. The van der Waals surface area contributed by atoms with Gasteiger partial charge in [0.1, 0.15) is 5.69 Å². The summed E-state index contributed by atoms with van der Waals surface area (Å²) >= 11 is 0. The maximum atomic E-state index is 12.7. The van der Waals surface area contributed by atoms with Gasteiger partial charge in [0.05, 0.1) is 35.5 Å². The van der Waals surface area contributed by atoms with Crippen LogP contribution < -0.4 is 0 Å². The first-order valence-electron chi connectivity index (χ1n) is 7.18. The second kappa shape index (κ2) is 5.33. The van der Waals surface area contributed by atoms with Crippen molar-refractivity contribution in [1.29, 1.82) is 0 Å². The average Bonchev–Trinajstić information content (AvgIpc) is 2.99. The van der Waals surface area contributed by atoms with E-state index in [1.54, 1.807) is 4.90 Å². The van der Waals surface area contributed by atoms with Gasteiger partial charge in [0.25, 0.3) is 5.91 Å². The van der Waals surface area contributed by atoms with Crippen LogP contribution in [-0.4, -0.2) is 51.5 Å². The Morgan fingerprint density at radius 2 is 2.05 bits per heavy atom. The van der Waals surface area contributed by atoms with Crippen molar-refractivity contribution in [1.82, 2.24) is 15.1 Å². The van der Waals surface area contributed by atoms with Gasteiger partial charge in [0.15, 0.2) is 0 Å². The molecule has 22 heavy (non-hydrogen) atoms. The van der Waals surface area contributed by atoms with Crippen LogP contribution in [0.5, 0.6) is 0 Å². The van der Waals surface area contributed by atoms with Gasteiger partial charge in [0, 0.05) is 29.1 Å². The summed E-state index contributed by atoms with van der Waals surface area (Å²) in [6.07, 6.45) is 0. The van der Waals surface area contributed by atoms with Crippen LogP contribution in [0, 0.1) is 0 Å². The number of aromatic nitrogens is 2. The molecule has 0 saturated carbocycles. The molecule has 114 valence electrons. The summed E-state index contributed by atoms with van der Waals surface area (Å²) in [7, 11) is -1.14. The van der Waals surface area contributed by atoms with Gasteiger partial charge in [-0.25, -0.2) is 0 Å². The van der Waals surface area contributed by atoms with Crippen LogP contribution in [0.25, 0.3) is 11.3 Å². The molecular formula is C15H15N3O3S. The van der Waals surface area contributed by atoms with Crippen molar-refractivity contribution >= 4 is 16.7 Å². The van der Waals surface area contributed by atoms with E-state index in [0.29, 0.717) is 37.8 Å². The molecule has 1 N–H and O–H groups in total. The number of aromatic amines is 1. The van der Waals surface area contributed by atoms with Gasteiger partial charge in [-0.3, -0.25) is 14.1 Å². The number of ether oxygens (including phenoxy) is 1. The van der Waals surface area contributed by atoms with Crippen LogP contribution in [0.1, 0.15) is 16.1 Å². The van der Waals surface area contributed by atoms with Gasteiger partial charge in [-0.2, -0.15) is 5.10 Å². The van der Waals surface area contributed by atoms with Crippen molar-refractivity contribution in [3.8, 4) is 11.3 Å². The fraction of sp³-hybridized carbons (Fsp3) is 0.333. The highest BCUT2D eigenvalue weighted by molar-refractivity contribution is 7.84. The molecule has 1 atom stereocenters. The van der Waals surface area contributed by atoms with E-state index in [-0.39, 0.29) is 5.91 Å². The van der Waals surface area contributed by atoms with Gasteiger partial charge < -0.3 is 9.64 Å². The van der Waals surface area contributed by atoms with Gasteiger partial charge >= 0.3 is 0 Å². The first kappa shape index (κ1) is 13.7. The standard InChI is InChI=1S/C15H15N3O3S/c19-15(18-5-7-21-8-6-18)14-11-9-22(20)12-4-2-1-3-10(12)13(11)16-17-14/h1-4H,5-9H2,(H,16,17). The third-order valence-electron chi connectivity index (χ3n) is 4.04. The zero-order valence-electron chi connectivity index (χ0n) is 11.9. The normalized spacial score (nSPS) is 20.4. The number of morpholine rings is 1. The van der Waals surface area contributed by atoms with Gasteiger partial charge in [-0.05, 0) is 6.07 Å². The van der Waals surface area contributed by atoms with Crippen LogP contribution in [0.4, 0.5) is 0 Å². The van der Waals surface area contributed by atoms with E-state index in [0.717, 1.165) is 21.7 Å². The number of amides is 1. The lowest BCUT2D eigenvalue weighted by Gasteiger charge is -2.26. The molecule has 3 heterocycles. The Morgan fingerprint density at radius 3 is 2.86 bits per heavy atom. The van der Waals surface area contributed by atoms with Gasteiger partial charge in [-0.15, -0.1) is 0 Å². The molecule has 2 aliphatic heterocycles. The molecule has 0 spiro atoms. The Bertz CT molecular complexity index is 765. The third kappa shape index (κ3) is 2.08.